The van der Waals surface area contributed by atoms with E-state index in [0.29, 0.717) is 17.5 Å². The summed E-state index contributed by atoms with van der Waals surface area (Å²) in [6, 6.07) is 8.79. The maximum absolute atomic E-state index is 12.6. The van der Waals surface area contributed by atoms with Crippen LogP contribution in [0, 0.1) is 0 Å². The van der Waals surface area contributed by atoms with Gasteiger partial charge in [0.1, 0.15) is 11.6 Å². The van der Waals surface area contributed by atoms with Crippen molar-refractivity contribution in [3.05, 3.63) is 41.5 Å². The van der Waals surface area contributed by atoms with Crippen LogP contribution in [0.25, 0.3) is 0 Å². The zero-order valence-electron chi connectivity index (χ0n) is 18.7. The number of fused-ring (bicyclic) bond motifs is 1. The van der Waals surface area contributed by atoms with Crippen LogP contribution >= 0.6 is 11.8 Å². The van der Waals surface area contributed by atoms with Crippen molar-refractivity contribution in [1.82, 2.24) is 4.98 Å². The van der Waals surface area contributed by atoms with E-state index in [2.05, 4.69) is 16.3 Å². The highest BCUT2D eigenvalue weighted by Gasteiger charge is 2.39. The van der Waals surface area contributed by atoms with E-state index in [1.54, 1.807) is 12.1 Å². The van der Waals surface area contributed by atoms with Gasteiger partial charge >= 0.3 is 5.51 Å². The number of halogens is 3. The highest BCUT2D eigenvalue weighted by molar-refractivity contribution is 8.00. The van der Waals surface area contributed by atoms with E-state index in [0.717, 1.165) is 73.5 Å². The van der Waals surface area contributed by atoms with E-state index in [-0.39, 0.29) is 28.8 Å². The lowest BCUT2D eigenvalue weighted by atomic mass is 9.77. The van der Waals surface area contributed by atoms with Crippen molar-refractivity contribution in [3.8, 4) is 0 Å². The lowest BCUT2D eigenvalue weighted by Gasteiger charge is -2.42. The summed E-state index contributed by atoms with van der Waals surface area (Å²) in [7, 11) is -1.07. The number of thioether (sulfide) groups is 1. The maximum atomic E-state index is 12.6. The van der Waals surface area contributed by atoms with Gasteiger partial charge in [-0.2, -0.15) is 13.2 Å². The molecule has 3 aliphatic rings. The molecular weight excluding hydrogens is 483 g/mol. The molecule has 2 N–H and O–H groups in total. The van der Waals surface area contributed by atoms with Crippen LogP contribution in [0.15, 0.2) is 40.1 Å². The molecule has 184 valence electrons. The van der Waals surface area contributed by atoms with Gasteiger partial charge in [-0.25, -0.2) is 4.98 Å². The average molecular weight is 512 g/mol. The normalized spacial score (nSPS) is 22.4. The Morgan fingerprint density at radius 3 is 2.50 bits per heavy atom. The van der Waals surface area contributed by atoms with Gasteiger partial charge in [-0.05, 0) is 85.5 Å². The molecule has 2 aliphatic heterocycles. The van der Waals surface area contributed by atoms with Crippen molar-refractivity contribution in [2.45, 2.75) is 65.3 Å². The molecule has 5 rings (SSSR count). The minimum Gasteiger partial charge on any atom is -0.394 e. The SMILES string of the molecule is O=[S@]1CCc2cc(N3CCC(c4ccc(SC(F)(F)F)cc4)CC3)nc(NC3(CO)CCC3)c21. The first-order chi connectivity index (χ1) is 16.3. The lowest BCUT2D eigenvalue weighted by Crippen LogP contribution is -2.48. The zero-order chi connectivity index (χ0) is 23.9. The minimum absolute atomic E-state index is 0.0337. The van der Waals surface area contributed by atoms with Crippen molar-refractivity contribution < 1.29 is 22.5 Å². The van der Waals surface area contributed by atoms with E-state index >= 15 is 0 Å². The van der Waals surface area contributed by atoms with Crippen molar-refractivity contribution in [2.24, 2.45) is 0 Å². The highest BCUT2D eigenvalue weighted by Crippen LogP contribution is 2.41. The van der Waals surface area contributed by atoms with Gasteiger partial charge in [-0.3, -0.25) is 4.21 Å². The number of nitrogens with zero attached hydrogens (tertiary/aromatic N) is 2. The summed E-state index contributed by atoms with van der Waals surface area (Å²) in [4.78, 5) is 8.11. The Morgan fingerprint density at radius 2 is 1.91 bits per heavy atom. The predicted molar refractivity (Wildman–Crippen MR) is 129 cm³/mol. The number of aromatic nitrogens is 1. The van der Waals surface area contributed by atoms with Gasteiger partial charge in [0.2, 0.25) is 0 Å². The molecule has 1 aliphatic carbocycles. The molecule has 2 fully saturated rings. The van der Waals surface area contributed by atoms with E-state index < -0.39 is 16.3 Å². The largest absolute Gasteiger partial charge is 0.446 e. The van der Waals surface area contributed by atoms with Crippen LogP contribution in [0.5, 0.6) is 0 Å². The molecule has 2 aromatic rings. The number of alkyl halides is 3. The molecule has 10 heteroatoms. The van der Waals surface area contributed by atoms with Gasteiger partial charge in [0.25, 0.3) is 0 Å². The third-order valence-corrected chi connectivity index (χ3v) is 9.45. The molecule has 5 nitrogen and oxygen atoms in total. The average Bonchev–Trinajstić information content (AvgIpc) is 3.17. The van der Waals surface area contributed by atoms with Gasteiger partial charge in [0.05, 0.1) is 27.8 Å². The van der Waals surface area contributed by atoms with E-state index in [1.807, 2.05) is 12.1 Å². The summed E-state index contributed by atoms with van der Waals surface area (Å²) in [6.45, 7) is 1.62. The molecule has 1 aromatic heterocycles. The predicted octanol–water partition coefficient (Wildman–Crippen LogP) is 5.07. The summed E-state index contributed by atoms with van der Waals surface area (Å²) < 4.78 is 50.4. The number of nitrogens with one attached hydrogen (secondary N) is 1. The number of aliphatic hydroxyl groups is 1. The molecular formula is C24H28F3N3O2S2. The summed E-state index contributed by atoms with van der Waals surface area (Å²) in [5.74, 6) is 2.42. The van der Waals surface area contributed by atoms with E-state index in [9.17, 15) is 22.5 Å². The Morgan fingerprint density at radius 1 is 1.21 bits per heavy atom. The Labute approximate surface area is 204 Å². The van der Waals surface area contributed by atoms with E-state index in [4.69, 9.17) is 4.98 Å². The van der Waals surface area contributed by atoms with Crippen molar-refractivity contribution in [1.29, 1.82) is 0 Å². The first kappa shape index (κ1) is 23.9. The van der Waals surface area contributed by atoms with Gasteiger partial charge in [-0.15, -0.1) is 0 Å². The number of piperidine rings is 1. The van der Waals surface area contributed by atoms with Crippen molar-refractivity contribution in [2.75, 3.05) is 35.7 Å². The summed E-state index contributed by atoms with van der Waals surface area (Å²) in [5, 5.41) is 13.4. The second-order valence-electron chi connectivity index (χ2n) is 9.41. The molecule has 3 heterocycles. The minimum atomic E-state index is -4.27. The fourth-order valence-electron chi connectivity index (χ4n) is 5.12. The first-order valence-corrected chi connectivity index (χ1v) is 13.8. The molecule has 0 bridgehead atoms. The summed E-state index contributed by atoms with van der Waals surface area (Å²) in [5.41, 5.74) is -2.50. The fourth-order valence-corrected chi connectivity index (χ4v) is 7.04. The number of benzene rings is 1. The number of hydrogen-bond acceptors (Lipinski definition) is 6. The Balaban J connectivity index is 1.29. The quantitative estimate of drug-likeness (QED) is 0.528. The molecule has 1 atom stereocenters. The molecule has 0 radical (unpaired) electrons. The van der Waals surface area contributed by atoms with Crippen molar-refractivity contribution >= 4 is 34.2 Å². The van der Waals surface area contributed by atoms with Gasteiger partial charge in [0, 0.05) is 23.7 Å². The van der Waals surface area contributed by atoms with Gasteiger partial charge in [-0.1, -0.05) is 12.1 Å². The second-order valence-corrected chi connectivity index (χ2v) is 12.1. The molecule has 1 saturated carbocycles. The van der Waals surface area contributed by atoms with Crippen LogP contribution in [-0.2, 0) is 17.2 Å². The summed E-state index contributed by atoms with van der Waals surface area (Å²) >= 11 is -0.0838. The Hall–Kier alpha value is -1.78. The molecule has 34 heavy (non-hydrogen) atoms. The van der Waals surface area contributed by atoms with Crippen LogP contribution in [0.1, 0.15) is 49.1 Å². The molecule has 1 aromatic carbocycles. The van der Waals surface area contributed by atoms with Crippen LogP contribution < -0.4 is 10.2 Å². The number of aryl methyl sites for hydroxylation is 1. The first-order valence-electron chi connectivity index (χ1n) is 11.7. The monoisotopic (exact) mass is 511 g/mol. The van der Waals surface area contributed by atoms with Crippen LogP contribution in [0.4, 0.5) is 24.8 Å². The van der Waals surface area contributed by atoms with Crippen molar-refractivity contribution in [3.63, 3.8) is 0 Å². The number of pyridine rings is 1. The van der Waals surface area contributed by atoms with Crippen LogP contribution in [0.2, 0.25) is 0 Å². The number of aliphatic hydroxyl groups excluding tert-OH is 1. The van der Waals surface area contributed by atoms with Crippen LogP contribution in [0.3, 0.4) is 0 Å². The fraction of sp³-hybridized carbons (Fsp3) is 0.542. The number of rotatable bonds is 6. The lowest BCUT2D eigenvalue weighted by molar-refractivity contribution is -0.0328. The second kappa shape index (κ2) is 9.35. The molecule has 0 unspecified atom stereocenters. The Kier molecular flexibility index (Phi) is 6.58. The van der Waals surface area contributed by atoms with E-state index in [1.165, 1.54) is 0 Å². The standard InChI is InChI=1S/C24H28F3N3O2S2/c25-24(26,27)33-19-4-2-16(3-5-19)17-6-11-30(12-7-17)20-14-18-8-13-34(32)21(18)22(28-20)29-23(15-31)9-1-10-23/h2-5,14,17,31H,1,6-13,15H2,(H,28,29)/t34-/m0/s1. The van der Waals surface area contributed by atoms with Crippen LogP contribution in [-0.4, -0.2) is 50.8 Å². The number of hydrogen-bond donors (Lipinski definition) is 2. The van der Waals surface area contributed by atoms with Gasteiger partial charge in [0.15, 0.2) is 0 Å². The zero-order valence-corrected chi connectivity index (χ0v) is 20.4. The third kappa shape index (κ3) is 4.95. The van der Waals surface area contributed by atoms with Gasteiger partial charge < -0.3 is 15.3 Å². The smallest absolute Gasteiger partial charge is 0.394 e. The highest BCUT2D eigenvalue weighted by atomic mass is 32.2. The summed E-state index contributed by atoms with van der Waals surface area (Å²) in [6.07, 6.45) is 5.35. The Bertz CT molecular complexity index is 1060. The maximum Gasteiger partial charge on any atom is 0.446 e. The molecule has 0 spiro atoms. The molecule has 1 saturated heterocycles. The third-order valence-electron chi connectivity index (χ3n) is 7.22. The number of anilines is 2. The topological polar surface area (TPSA) is 65.5 Å². The molecule has 0 amide bonds.